The molecule has 3 nitrogen and oxygen atoms in total. The van der Waals surface area contributed by atoms with Crippen LogP contribution in [0.15, 0.2) is 48.5 Å². The molecule has 0 atom stereocenters. The largest absolute Gasteiger partial charge is 0.492 e. The number of thioether (sulfide) groups is 1. The van der Waals surface area contributed by atoms with Crippen LogP contribution in [0.5, 0.6) is 5.75 Å². The van der Waals surface area contributed by atoms with Gasteiger partial charge in [-0.1, -0.05) is 57.2 Å². The average Bonchev–Trinajstić information content (AvgIpc) is 2.56. The quantitative estimate of drug-likeness (QED) is 0.735. The number of carbonyl (C=O) groups is 1. The number of ether oxygens (including phenoxy) is 1. The molecular weight excluding hydrogens is 330 g/mol. The van der Waals surface area contributed by atoms with Gasteiger partial charge >= 0.3 is 0 Å². The number of rotatable bonds is 7. The van der Waals surface area contributed by atoms with Gasteiger partial charge in [0, 0.05) is 5.75 Å². The Morgan fingerprint density at radius 2 is 1.76 bits per heavy atom. The van der Waals surface area contributed by atoms with E-state index >= 15 is 0 Å². The maximum Gasteiger partial charge on any atom is 0.234 e. The smallest absolute Gasteiger partial charge is 0.234 e. The second-order valence-corrected chi connectivity index (χ2v) is 7.90. The molecule has 0 saturated carbocycles. The first-order valence-electron chi connectivity index (χ1n) is 8.59. The van der Waals surface area contributed by atoms with Crippen LogP contribution in [0.2, 0.25) is 0 Å². The van der Waals surface area contributed by atoms with Gasteiger partial charge in [0.15, 0.2) is 0 Å². The van der Waals surface area contributed by atoms with Crippen molar-refractivity contribution in [3.63, 3.8) is 0 Å². The summed E-state index contributed by atoms with van der Waals surface area (Å²) in [4.78, 5) is 12.2. The van der Waals surface area contributed by atoms with Crippen LogP contribution in [-0.2, 0) is 16.0 Å². The molecule has 0 aliphatic rings. The molecule has 1 amide bonds. The van der Waals surface area contributed by atoms with Crippen LogP contribution in [-0.4, -0.2) is 18.3 Å². The Labute approximate surface area is 155 Å². The van der Waals surface area contributed by atoms with Gasteiger partial charge in [0.2, 0.25) is 5.91 Å². The Hall–Kier alpha value is -1.94. The maximum absolute atomic E-state index is 12.2. The minimum absolute atomic E-state index is 0.0107. The van der Waals surface area contributed by atoms with Gasteiger partial charge in [-0.05, 0) is 35.6 Å². The fourth-order valence-electron chi connectivity index (χ4n) is 2.40. The SMILES string of the molecule is CCOc1ccccc1NC(=O)CSCc1ccc(C(C)(C)C)cc1. The molecule has 0 spiro atoms. The third-order valence-corrected chi connectivity index (χ3v) is 4.79. The number of para-hydroxylation sites is 2. The van der Waals surface area contributed by atoms with Crippen molar-refractivity contribution in [2.24, 2.45) is 0 Å². The zero-order valence-corrected chi connectivity index (χ0v) is 16.3. The van der Waals surface area contributed by atoms with Crippen LogP contribution in [0.4, 0.5) is 5.69 Å². The van der Waals surface area contributed by atoms with Crippen LogP contribution in [0.1, 0.15) is 38.8 Å². The number of amides is 1. The summed E-state index contributed by atoms with van der Waals surface area (Å²) in [5.41, 5.74) is 3.45. The first kappa shape index (κ1) is 19.4. The molecule has 4 heteroatoms. The third-order valence-electron chi connectivity index (χ3n) is 3.78. The minimum Gasteiger partial charge on any atom is -0.492 e. The topological polar surface area (TPSA) is 38.3 Å². The molecule has 134 valence electrons. The van der Waals surface area contributed by atoms with E-state index in [1.807, 2.05) is 31.2 Å². The number of anilines is 1. The second kappa shape index (κ2) is 8.95. The highest BCUT2D eigenvalue weighted by molar-refractivity contribution is 7.99. The van der Waals surface area contributed by atoms with E-state index in [0.29, 0.717) is 18.1 Å². The van der Waals surface area contributed by atoms with E-state index in [4.69, 9.17) is 4.74 Å². The summed E-state index contributed by atoms with van der Waals surface area (Å²) < 4.78 is 5.53. The zero-order valence-electron chi connectivity index (χ0n) is 15.5. The van der Waals surface area contributed by atoms with Crippen molar-refractivity contribution in [2.45, 2.75) is 38.9 Å². The van der Waals surface area contributed by atoms with E-state index in [1.165, 1.54) is 11.1 Å². The standard InChI is InChI=1S/C21H27NO2S/c1-5-24-19-9-7-6-8-18(19)22-20(23)15-25-14-16-10-12-17(13-11-16)21(2,3)4/h6-13H,5,14-15H2,1-4H3,(H,22,23). The van der Waals surface area contributed by atoms with Gasteiger partial charge < -0.3 is 10.1 Å². The Bertz CT molecular complexity index is 690. The lowest BCUT2D eigenvalue weighted by Gasteiger charge is -2.19. The lowest BCUT2D eigenvalue weighted by atomic mass is 9.87. The monoisotopic (exact) mass is 357 g/mol. The Kier molecular flexibility index (Phi) is 6.94. The maximum atomic E-state index is 12.2. The molecule has 0 bridgehead atoms. The Morgan fingerprint density at radius 3 is 2.40 bits per heavy atom. The lowest BCUT2D eigenvalue weighted by molar-refractivity contribution is -0.113. The molecule has 0 heterocycles. The molecule has 0 aliphatic heterocycles. The highest BCUT2D eigenvalue weighted by atomic mass is 32.2. The van der Waals surface area contributed by atoms with E-state index in [2.05, 4.69) is 50.4 Å². The van der Waals surface area contributed by atoms with Crippen LogP contribution >= 0.6 is 11.8 Å². The molecule has 2 aromatic carbocycles. The third kappa shape index (κ3) is 6.13. The summed E-state index contributed by atoms with van der Waals surface area (Å²) in [6, 6.07) is 16.2. The van der Waals surface area contributed by atoms with Crippen molar-refractivity contribution in [1.82, 2.24) is 0 Å². The number of benzene rings is 2. The summed E-state index contributed by atoms with van der Waals surface area (Å²) in [5, 5.41) is 2.93. The fraction of sp³-hybridized carbons (Fsp3) is 0.381. The first-order chi connectivity index (χ1) is 11.9. The van der Waals surface area contributed by atoms with Crippen LogP contribution < -0.4 is 10.1 Å². The van der Waals surface area contributed by atoms with Gasteiger partial charge in [-0.2, -0.15) is 0 Å². The molecule has 2 aromatic rings. The van der Waals surface area contributed by atoms with E-state index < -0.39 is 0 Å². The molecule has 0 radical (unpaired) electrons. The Balaban J connectivity index is 1.83. The van der Waals surface area contributed by atoms with Crippen LogP contribution in [0.3, 0.4) is 0 Å². The number of hydrogen-bond acceptors (Lipinski definition) is 3. The number of nitrogens with one attached hydrogen (secondary N) is 1. The Morgan fingerprint density at radius 1 is 1.08 bits per heavy atom. The summed E-state index contributed by atoms with van der Waals surface area (Å²) in [5.74, 6) is 1.94. The van der Waals surface area contributed by atoms with Crippen molar-refractivity contribution in [3.8, 4) is 5.75 Å². The van der Waals surface area contributed by atoms with E-state index in [9.17, 15) is 4.79 Å². The molecule has 0 fully saturated rings. The summed E-state index contributed by atoms with van der Waals surface area (Å²) in [7, 11) is 0. The van der Waals surface area contributed by atoms with Crippen molar-refractivity contribution in [2.75, 3.05) is 17.7 Å². The van der Waals surface area contributed by atoms with Gasteiger partial charge in [0.05, 0.1) is 18.0 Å². The van der Waals surface area contributed by atoms with Crippen molar-refractivity contribution in [3.05, 3.63) is 59.7 Å². The van der Waals surface area contributed by atoms with Gasteiger partial charge in [-0.25, -0.2) is 0 Å². The first-order valence-corrected chi connectivity index (χ1v) is 9.74. The summed E-state index contributed by atoms with van der Waals surface area (Å²) in [6.07, 6.45) is 0. The molecule has 0 aliphatic carbocycles. The van der Waals surface area contributed by atoms with Gasteiger partial charge in [-0.15, -0.1) is 11.8 Å². The van der Waals surface area contributed by atoms with Crippen molar-refractivity contribution in [1.29, 1.82) is 0 Å². The van der Waals surface area contributed by atoms with Crippen molar-refractivity contribution < 1.29 is 9.53 Å². The van der Waals surface area contributed by atoms with Gasteiger partial charge in [0.25, 0.3) is 0 Å². The van der Waals surface area contributed by atoms with E-state index in [-0.39, 0.29) is 11.3 Å². The van der Waals surface area contributed by atoms with Crippen LogP contribution in [0, 0.1) is 0 Å². The normalized spacial score (nSPS) is 11.2. The molecular formula is C21H27NO2S. The summed E-state index contributed by atoms with van der Waals surface area (Å²) in [6.45, 7) is 9.13. The van der Waals surface area contributed by atoms with Crippen LogP contribution in [0.25, 0.3) is 0 Å². The van der Waals surface area contributed by atoms with E-state index in [1.54, 1.807) is 11.8 Å². The van der Waals surface area contributed by atoms with E-state index in [0.717, 1.165) is 11.4 Å². The molecule has 25 heavy (non-hydrogen) atoms. The predicted molar refractivity (Wildman–Crippen MR) is 108 cm³/mol. The summed E-state index contributed by atoms with van der Waals surface area (Å²) >= 11 is 1.61. The fourth-order valence-corrected chi connectivity index (χ4v) is 3.19. The molecule has 0 aromatic heterocycles. The minimum atomic E-state index is -0.0107. The predicted octanol–water partition coefficient (Wildman–Crippen LogP) is 5.25. The number of carbonyl (C=O) groups excluding carboxylic acids is 1. The highest BCUT2D eigenvalue weighted by Gasteiger charge is 2.13. The zero-order chi connectivity index (χ0) is 18.3. The molecule has 2 rings (SSSR count). The molecule has 0 unspecified atom stereocenters. The van der Waals surface area contributed by atoms with Crippen molar-refractivity contribution >= 4 is 23.4 Å². The van der Waals surface area contributed by atoms with Gasteiger partial charge in [0.1, 0.15) is 5.75 Å². The lowest BCUT2D eigenvalue weighted by Crippen LogP contribution is -2.15. The molecule has 0 saturated heterocycles. The van der Waals surface area contributed by atoms with Gasteiger partial charge in [-0.3, -0.25) is 4.79 Å². The second-order valence-electron chi connectivity index (χ2n) is 6.92. The average molecular weight is 358 g/mol. The number of hydrogen-bond donors (Lipinski definition) is 1. The molecule has 1 N–H and O–H groups in total. The highest BCUT2D eigenvalue weighted by Crippen LogP contribution is 2.25.